The molecule has 1 aromatic rings. The highest BCUT2D eigenvalue weighted by Crippen LogP contribution is 2.19. The summed E-state index contributed by atoms with van der Waals surface area (Å²) >= 11 is 1.62. The summed E-state index contributed by atoms with van der Waals surface area (Å²) in [7, 11) is 0. The molecule has 1 aromatic carbocycles. The Morgan fingerprint density at radius 1 is 1.29 bits per heavy atom. The highest BCUT2D eigenvalue weighted by Gasteiger charge is 2.06. The molecule has 0 aliphatic heterocycles. The van der Waals surface area contributed by atoms with E-state index in [0.29, 0.717) is 6.54 Å². The predicted octanol–water partition coefficient (Wildman–Crippen LogP) is 1.89. The number of thioether (sulfide) groups is 1. The van der Waals surface area contributed by atoms with Crippen molar-refractivity contribution in [3.05, 3.63) is 29.8 Å². The number of carbonyl (C=O) groups excluding carboxylic acids is 1. The Kier molecular flexibility index (Phi) is 5.56. The molecule has 0 radical (unpaired) electrons. The van der Waals surface area contributed by atoms with Gasteiger partial charge in [0.15, 0.2) is 0 Å². The summed E-state index contributed by atoms with van der Waals surface area (Å²) in [4.78, 5) is 22.8. The summed E-state index contributed by atoms with van der Waals surface area (Å²) in [6.45, 7) is 0.440. The molecule has 0 fully saturated rings. The van der Waals surface area contributed by atoms with Crippen LogP contribution in [0.3, 0.4) is 0 Å². The molecule has 92 valence electrons. The van der Waals surface area contributed by atoms with Gasteiger partial charge in [-0.1, -0.05) is 18.2 Å². The highest BCUT2D eigenvalue weighted by atomic mass is 32.2. The Balaban J connectivity index is 2.44. The molecule has 0 aliphatic carbocycles. The first-order valence-corrected chi connectivity index (χ1v) is 6.46. The summed E-state index contributed by atoms with van der Waals surface area (Å²) in [6, 6.07) is 7.80. The summed E-state index contributed by atoms with van der Waals surface area (Å²) in [5.41, 5.74) is 1.05. The molecule has 5 heteroatoms. The topological polar surface area (TPSA) is 66.4 Å². The second-order valence-electron chi connectivity index (χ2n) is 3.48. The lowest BCUT2D eigenvalue weighted by atomic mass is 10.2. The zero-order valence-electron chi connectivity index (χ0n) is 9.60. The molecular formula is C12H15NO3S. The van der Waals surface area contributed by atoms with Crippen molar-refractivity contribution in [2.45, 2.75) is 24.3 Å². The van der Waals surface area contributed by atoms with Crippen LogP contribution in [0, 0.1) is 0 Å². The van der Waals surface area contributed by atoms with Crippen molar-refractivity contribution in [1.82, 2.24) is 5.32 Å². The molecule has 0 heterocycles. The Bertz CT molecular complexity index is 406. The number of carbonyl (C=O) groups is 2. The third-order valence-corrected chi connectivity index (χ3v) is 3.07. The summed E-state index contributed by atoms with van der Waals surface area (Å²) in [6.07, 6.45) is 1.87. The smallest absolute Gasteiger partial charge is 0.303 e. The molecule has 17 heavy (non-hydrogen) atoms. The van der Waals surface area contributed by atoms with Crippen LogP contribution in [0.25, 0.3) is 0 Å². The maximum Gasteiger partial charge on any atom is 0.303 e. The fourth-order valence-corrected chi connectivity index (χ4v) is 1.97. The summed E-state index contributed by atoms with van der Waals surface area (Å²) in [5, 5.41) is 11.2. The van der Waals surface area contributed by atoms with E-state index < -0.39 is 5.97 Å². The van der Waals surface area contributed by atoms with Crippen LogP contribution in [0.1, 0.15) is 18.4 Å². The van der Waals surface area contributed by atoms with Crippen LogP contribution in [0.15, 0.2) is 29.2 Å². The van der Waals surface area contributed by atoms with Crippen molar-refractivity contribution in [3.63, 3.8) is 0 Å². The van der Waals surface area contributed by atoms with E-state index in [4.69, 9.17) is 5.11 Å². The molecule has 0 aliphatic rings. The standard InChI is InChI=1S/C12H15NO3S/c1-17-10-5-3-2-4-9(10)8-13-11(14)6-7-12(15)16/h2-5H,6-8H2,1H3,(H,13,14)(H,15,16). The van der Waals surface area contributed by atoms with E-state index in [9.17, 15) is 9.59 Å². The second kappa shape index (κ2) is 6.96. The van der Waals surface area contributed by atoms with Gasteiger partial charge in [0, 0.05) is 17.9 Å². The number of carboxylic acid groups (broad SMARTS) is 1. The minimum Gasteiger partial charge on any atom is -0.481 e. The number of nitrogens with one attached hydrogen (secondary N) is 1. The van der Waals surface area contributed by atoms with Gasteiger partial charge in [-0.15, -0.1) is 11.8 Å². The van der Waals surface area contributed by atoms with Crippen molar-refractivity contribution in [3.8, 4) is 0 Å². The minimum atomic E-state index is -0.954. The van der Waals surface area contributed by atoms with Crippen LogP contribution in [-0.2, 0) is 16.1 Å². The zero-order chi connectivity index (χ0) is 12.7. The quantitative estimate of drug-likeness (QED) is 0.760. The van der Waals surface area contributed by atoms with Crippen molar-refractivity contribution < 1.29 is 14.7 Å². The number of hydrogen-bond acceptors (Lipinski definition) is 3. The Hall–Kier alpha value is -1.49. The number of carboxylic acids is 1. The Labute approximate surface area is 104 Å². The number of amides is 1. The first-order chi connectivity index (χ1) is 8.13. The van der Waals surface area contributed by atoms with Gasteiger partial charge in [-0.25, -0.2) is 0 Å². The molecule has 2 N–H and O–H groups in total. The average Bonchev–Trinajstić information content (AvgIpc) is 2.34. The van der Waals surface area contributed by atoms with E-state index in [1.807, 2.05) is 30.5 Å². The van der Waals surface area contributed by atoms with E-state index in [1.54, 1.807) is 11.8 Å². The Morgan fingerprint density at radius 2 is 2.00 bits per heavy atom. The van der Waals surface area contributed by atoms with Gasteiger partial charge in [0.25, 0.3) is 0 Å². The fraction of sp³-hybridized carbons (Fsp3) is 0.333. The van der Waals surface area contributed by atoms with Crippen LogP contribution < -0.4 is 5.32 Å². The van der Waals surface area contributed by atoms with E-state index in [-0.39, 0.29) is 18.7 Å². The molecule has 0 aromatic heterocycles. The maximum atomic E-state index is 11.3. The number of aliphatic carboxylic acids is 1. The van der Waals surface area contributed by atoms with Crippen molar-refractivity contribution in [2.24, 2.45) is 0 Å². The van der Waals surface area contributed by atoms with Crippen molar-refractivity contribution in [1.29, 1.82) is 0 Å². The van der Waals surface area contributed by atoms with Gasteiger partial charge in [0.1, 0.15) is 0 Å². The van der Waals surface area contributed by atoms with Gasteiger partial charge < -0.3 is 10.4 Å². The molecule has 0 atom stereocenters. The average molecular weight is 253 g/mol. The third kappa shape index (κ3) is 4.91. The zero-order valence-corrected chi connectivity index (χ0v) is 10.4. The largest absolute Gasteiger partial charge is 0.481 e. The predicted molar refractivity (Wildman–Crippen MR) is 66.9 cm³/mol. The number of rotatable bonds is 6. The molecule has 0 bridgehead atoms. The number of hydrogen-bond donors (Lipinski definition) is 2. The highest BCUT2D eigenvalue weighted by molar-refractivity contribution is 7.98. The maximum absolute atomic E-state index is 11.3. The lowest BCUT2D eigenvalue weighted by molar-refractivity contribution is -0.138. The van der Waals surface area contributed by atoms with Gasteiger partial charge in [-0.2, -0.15) is 0 Å². The third-order valence-electron chi connectivity index (χ3n) is 2.23. The molecule has 0 saturated heterocycles. The van der Waals surface area contributed by atoms with Crippen LogP contribution in [0.4, 0.5) is 0 Å². The number of benzene rings is 1. The lowest BCUT2D eigenvalue weighted by Gasteiger charge is -2.08. The van der Waals surface area contributed by atoms with E-state index in [1.165, 1.54) is 0 Å². The van der Waals surface area contributed by atoms with Crippen LogP contribution >= 0.6 is 11.8 Å². The molecule has 0 spiro atoms. The van der Waals surface area contributed by atoms with Gasteiger partial charge in [-0.05, 0) is 17.9 Å². The van der Waals surface area contributed by atoms with Crippen molar-refractivity contribution >= 4 is 23.6 Å². The van der Waals surface area contributed by atoms with Gasteiger partial charge >= 0.3 is 5.97 Å². The molecule has 1 rings (SSSR count). The first-order valence-electron chi connectivity index (χ1n) is 5.24. The second-order valence-corrected chi connectivity index (χ2v) is 4.33. The minimum absolute atomic E-state index is 0.0246. The lowest BCUT2D eigenvalue weighted by Crippen LogP contribution is -2.23. The molecule has 0 unspecified atom stereocenters. The van der Waals surface area contributed by atoms with Gasteiger partial charge in [0.05, 0.1) is 6.42 Å². The first kappa shape index (κ1) is 13.6. The Morgan fingerprint density at radius 3 is 2.65 bits per heavy atom. The van der Waals surface area contributed by atoms with Gasteiger partial charge in [0.2, 0.25) is 5.91 Å². The molecule has 0 saturated carbocycles. The summed E-state index contributed by atoms with van der Waals surface area (Å²) < 4.78 is 0. The van der Waals surface area contributed by atoms with Crippen LogP contribution in [0.2, 0.25) is 0 Å². The molecule has 1 amide bonds. The molecular weight excluding hydrogens is 238 g/mol. The van der Waals surface area contributed by atoms with E-state index in [0.717, 1.165) is 10.5 Å². The monoisotopic (exact) mass is 253 g/mol. The van der Waals surface area contributed by atoms with Crippen molar-refractivity contribution in [2.75, 3.05) is 6.26 Å². The van der Waals surface area contributed by atoms with Crippen LogP contribution in [0.5, 0.6) is 0 Å². The fourth-order valence-electron chi connectivity index (χ4n) is 1.35. The summed E-state index contributed by atoms with van der Waals surface area (Å²) in [5.74, 6) is -1.19. The van der Waals surface area contributed by atoms with E-state index in [2.05, 4.69) is 5.32 Å². The molecule has 4 nitrogen and oxygen atoms in total. The van der Waals surface area contributed by atoms with E-state index >= 15 is 0 Å². The van der Waals surface area contributed by atoms with Crippen LogP contribution in [-0.4, -0.2) is 23.2 Å². The SMILES string of the molecule is CSc1ccccc1CNC(=O)CCC(=O)O. The normalized spacial score (nSPS) is 9.94. The van der Waals surface area contributed by atoms with Gasteiger partial charge in [-0.3, -0.25) is 9.59 Å².